The van der Waals surface area contributed by atoms with Gasteiger partial charge in [-0.05, 0) is 44.7 Å². The Morgan fingerprint density at radius 2 is 1.88 bits per heavy atom. The first kappa shape index (κ1) is 19.1. The van der Waals surface area contributed by atoms with E-state index < -0.39 is 0 Å². The highest BCUT2D eigenvalue weighted by molar-refractivity contribution is 5.81. The molecule has 0 atom stereocenters. The zero-order valence-corrected chi connectivity index (χ0v) is 15.5. The van der Waals surface area contributed by atoms with E-state index in [1.807, 2.05) is 13.0 Å². The maximum Gasteiger partial charge on any atom is 0.223 e. The Bertz CT molecular complexity index is 577. The second-order valence-corrected chi connectivity index (χ2v) is 6.32. The van der Waals surface area contributed by atoms with Gasteiger partial charge in [0.05, 0.1) is 13.1 Å². The Hall–Kier alpha value is -2.24. The average molecular weight is 346 g/mol. The third-order valence-corrected chi connectivity index (χ3v) is 4.02. The number of ether oxygens (including phenoxy) is 1. The number of para-hydroxylation sites is 1. The molecule has 1 aromatic carbocycles. The van der Waals surface area contributed by atoms with E-state index >= 15 is 0 Å². The molecule has 25 heavy (non-hydrogen) atoms. The number of benzene rings is 1. The SMILES string of the molecule is CCNC(=NCCNC(=O)C1CC1)NCCOc1c(C)cccc1C. The fraction of sp³-hybridized carbons (Fsp3) is 0.579. The van der Waals surface area contributed by atoms with Crippen LogP contribution in [0.3, 0.4) is 0 Å². The summed E-state index contributed by atoms with van der Waals surface area (Å²) in [5.74, 6) is 2.11. The van der Waals surface area contributed by atoms with Crippen molar-refractivity contribution in [1.82, 2.24) is 16.0 Å². The highest BCUT2D eigenvalue weighted by atomic mass is 16.5. The van der Waals surface area contributed by atoms with Gasteiger partial charge in [0, 0.05) is 19.0 Å². The molecule has 1 aliphatic rings. The van der Waals surface area contributed by atoms with E-state index in [0.717, 1.165) is 42.2 Å². The van der Waals surface area contributed by atoms with Crippen molar-refractivity contribution in [1.29, 1.82) is 0 Å². The molecule has 0 spiro atoms. The molecule has 0 saturated heterocycles. The van der Waals surface area contributed by atoms with Gasteiger partial charge in [-0.1, -0.05) is 18.2 Å². The van der Waals surface area contributed by atoms with Crippen molar-refractivity contribution in [3.05, 3.63) is 29.3 Å². The first-order valence-corrected chi connectivity index (χ1v) is 9.10. The van der Waals surface area contributed by atoms with E-state index in [1.54, 1.807) is 0 Å². The van der Waals surface area contributed by atoms with E-state index in [2.05, 4.69) is 46.9 Å². The number of rotatable bonds is 9. The fourth-order valence-corrected chi connectivity index (χ4v) is 2.53. The van der Waals surface area contributed by atoms with Gasteiger partial charge in [-0.25, -0.2) is 0 Å². The van der Waals surface area contributed by atoms with Crippen molar-refractivity contribution < 1.29 is 9.53 Å². The van der Waals surface area contributed by atoms with Gasteiger partial charge in [0.1, 0.15) is 12.4 Å². The summed E-state index contributed by atoms with van der Waals surface area (Å²) in [6.07, 6.45) is 2.05. The second-order valence-electron chi connectivity index (χ2n) is 6.32. The molecule has 6 nitrogen and oxygen atoms in total. The molecule has 0 aromatic heterocycles. The van der Waals surface area contributed by atoms with Crippen molar-refractivity contribution in [3.8, 4) is 5.75 Å². The Morgan fingerprint density at radius 3 is 2.52 bits per heavy atom. The summed E-state index contributed by atoms with van der Waals surface area (Å²) >= 11 is 0. The van der Waals surface area contributed by atoms with Crippen molar-refractivity contribution in [3.63, 3.8) is 0 Å². The molecule has 6 heteroatoms. The molecule has 0 aliphatic heterocycles. The Labute approximate surface area is 150 Å². The number of aliphatic imine (C=N–C) groups is 1. The molecular weight excluding hydrogens is 316 g/mol. The Balaban J connectivity index is 1.69. The lowest BCUT2D eigenvalue weighted by Crippen LogP contribution is -2.40. The van der Waals surface area contributed by atoms with Crippen molar-refractivity contribution in [2.45, 2.75) is 33.6 Å². The van der Waals surface area contributed by atoms with Gasteiger partial charge in [-0.3, -0.25) is 9.79 Å². The number of amides is 1. The number of carbonyl (C=O) groups is 1. The Morgan fingerprint density at radius 1 is 1.16 bits per heavy atom. The summed E-state index contributed by atoms with van der Waals surface area (Å²) in [7, 11) is 0. The van der Waals surface area contributed by atoms with Gasteiger partial charge in [-0.2, -0.15) is 0 Å². The minimum absolute atomic E-state index is 0.162. The van der Waals surface area contributed by atoms with E-state index in [1.165, 1.54) is 0 Å². The molecule has 1 saturated carbocycles. The van der Waals surface area contributed by atoms with Crippen molar-refractivity contribution in [2.75, 3.05) is 32.8 Å². The third-order valence-electron chi connectivity index (χ3n) is 4.02. The van der Waals surface area contributed by atoms with Gasteiger partial charge in [0.15, 0.2) is 5.96 Å². The van der Waals surface area contributed by atoms with Crippen LogP contribution in [0.25, 0.3) is 0 Å². The standard InChI is InChI=1S/C19H30N4O2/c1-4-20-19(22-11-10-21-18(24)16-8-9-16)23-12-13-25-17-14(2)6-5-7-15(17)3/h5-7,16H,4,8-13H2,1-3H3,(H,21,24)(H2,20,22,23). The first-order valence-electron chi connectivity index (χ1n) is 9.10. The summed E-state index contributed by atoms with van der Waals surface area (Å²) in [4.78, 5) is 16.0. The van der Waals surface area contributed by atoms with Crippen LogP contribution in [0, 0.1) is 19.8 Å². The summed E-state index contributed by atoms with van der Waals surface area (Å²) in [6, 6.07) is 6.14. The molecule has 138 valence electrons. The number of nitrogens with zero attached hydrogens (tertiary/aromatic N) is 1. The van der Waals surface area contributed by atoms with E-state index in [4.69, 9.17) is 4.74 Å². The Kier molecular flexibility index (Phi) is 7.57. The minimum atomic E-state index is 0.162. The van der Waals surface area contributed by atoms with Gasteiger partial charge in [0.25, 0.3) is 0 Å². The lowest BCUT2D eigenvalue weighted by atomic mass is 10.1. The van der Waals surface area contributed by atoms with Gasteiger partial charge >= 0.3 is 0 Å². The molecule has 1 aromatic rings. The lowest BCUT2D eigenvalue weighted by molar-refractivity contribution is -0.122. The number of hydrogen-bond acceptors (Lipinski definition) is 3. The molecule has 0 heterocycles. The predicted molar refractivity (Wildman–Crippen MR) is 101 cm³/mol. The zero-order valence-electron chi connectivity index (χ0n) is 15.5. The van der Waals surface area contributed by atoms with Crippen LogP contribution in [0.2, 0.25) is 0 Å². The normalized spacial score (nSPS) is 14.1. The van der Waals surface area contributed by atoms with E-state index in [0.29, 0.717) is 26.2 Å². The summed E-state index contributed by atoms with van der Waals surface area (Å²) in [5, 5.41) is 9.37. The zero-order chi connectivity index (χ0) is 18.1. The summed E-state index contributed by atoms with van der Waals surface area (Å²) in [6.45, 7) is 9.28. The molecule has 0 unspecified atom stereocenters. The quantitative estimate of drug-likeness (QED) is 0.362. The van der Waals surface area contributed by atoms with Crippen LogP contribution in [0.1, 0.15) is 30.9 Å². The largest absolute Gasteiger partial charge is 0.491 e. The monoisotopic (exact) mass is 346 g/mol. The average Bonchev–Trinajstić information content (AvgIpc) is 3.42. The molecule has 1 amide bonds. The van der Waals surface area contributed by atoms with Crippen molar-refractivity contribution >= 4 is 11.9 Å². The molecular formula is C19H30N4O2. The van der Waals surface area contributed by atoms with E-state index in [9.17, 15) is 4.79 Å². The van der Waals surface area contributed by atoms with E-state index in [-0.39, 0.29) is 11.8 Å². The maximum absolute atomic E-state index is 11.6. The van der Waals surface area contributed by atoms with Crippen LogP contribution in [0.4, 0.5) is 0 Å². The third kappa shape index (κ3) is 6.64. The number of guanidine groups is 1. The molecule has 0 radical (unpaired) electrons. The predicted octanol–water partition coefficient (Wildman–Crippen LogP) is 1.76. The van der Waals surface area contributed by atoms with Crippen LogP contribution < -0.4 is 20.7 Å². The molecule has 0 bridgehead atoms. The molecule has 3 N–H and O–H groups in total. The van der Waals surface area contributed by atoms with Crippen LogP contribution in [0.15, 0.2) is 23.2 Å². The number of hydrogen-bond donors (Lipinski definition) is 3. The number of carbonyl (C=O) groups excluding carboxylic acids is 1. The minimum Gasteiger partial charge on any atom is -0.491 e. The van der Waals surface area contributed by atoms with Gasteiger partial charge < -0.3 is 20.7 Å². The number of nitrogens with one attached hydrogen (secondary N) is 3. The van der Waals surface area contributed by atoms with Crippen molar-refractivity contribution in [2.24, 2.45) is 10.9 Å². The summed E-state index contributed by atoms with van der Waals surface area (Å²) < 4.78 is 5.88. The van der Waals surface area contributed by atoms with Crippen LogP contribution in [-0.2, 0) is 4.79 Å². The molecule has 1 aliphatic carbocycles. The van der Waals surface area contributed by atoms with Crippen LogP contribution in [0.5, 0.6) is 5.75 Å². The smallest absolute Gasteiger partial charge is 0.223 e. The summed E-state index contributed by atoms with van der Waals surface area (Å²) in [5.41, 5.74) is 2.29. The molecule has 2 rings (SSSR count). The van der Waals surface area contributed by atoms with Crippen LogP contribution >= 0.6 is 0 Å². The first-order chi connectivity index (χ1) is 12.1. The van der Waals surface area contributed by atoms with Gasteiger partial charge in [0.2, 0.25) is 5.91 Å². The van der Waals surface area contributed by atoms with Crippen LogP contribution in [-0.4, -0.2) is 44.7 Å². The lowest BCUT2D eigenvalue weighted by Gasteiger charge is -2.14. The fourth-order valence-electron chi connectivity index (χ4n) is 2.53. The highest BCUT2D eigenvalue weighted by Gasteiger charge is 2.28. The van der Waals surface area contributed by atoms with Gasteiger partial charge in [-0.15, -0.1) is 0 Å². The second kappa shape index (κ2) is 9.91. The topological polar surface area (TPSA) is 74.8 Å². The molecule has 1 fully saturated rings. The highest BCUT2D eigenvalue weighted by Crippen LogP contribution is 2.28. The number of aryl methyl sites for hydroxylation is 2. The maximum atomic E-state index is 11.6.